The third-order valence-corrected chi connectivity index (χ3v) is 1.52. The second-order valence-electron chi connectivity index (χ2n) is 2.58. The lowest BCUT2D eigenvalue weighted by atomic mass is 10.1. The van der Waals surface area contributed by atoms with Crippen LogP contribution in [0, 0.1) is 11.8 Å². The Balaban J connectivity index is 3.02. The molecule has 14 heavy (non-hydrogen) atoms. The molecule has 0 aliphatic heterocycles. The summed E-state index contributed by atoms with van der Waals surface area (Å²) in [4.78, 5) is 0. The second kappa shape index (κ2) is 4.16. The minimum atomic E-state index is -4.32. The summed E-state index contributed by atoms with van der Waals surface area (Å²) in [6.07, 6.45) is -4.32. The van der Waals surface area contributed by atoms with Gasteiger partial charge >= 0.3 is 6.18 Å². The minimum Gasteiger partial charge on any atom is -0.320 e. The molecule has 74 valence electrons. The highest BCUT2D eigenvalue weighted by molar-refractivity contribution is 5.38. The molecule has 0 bridgehead atoms. The molecule has 1 aromatic rings. The molecule has 0 unspecified atom stereocenters. The van der Waals surface area contributed by atoms with Crippen molar-refractivity contribution >= 4 is 0 Å². The summed E-state index contributed by atoms with van der Waals surface area (Å²) in [6.45, 7) is 0.135. The van der Waals surface area contributed by atoms with Crippen molar-refractivity contribution < 1.29 is 13.2 Å². The smallest absolute Gasteiger partial charge is 0.320 e. The van der Waals surface area contributed by atoms with Gasteiger partial charge in [0.05, 0.1) is 12.1 Å². The summed E-state index contributed by atoms with van der Waals surface area (Å²) in [5, 5.41) is 0. The monoisotopic (exact) mass is 199 g/mol. The lowest BCUT2D eigenvalue weighted by Gasteiger charge is -2.05. The molecule has 1 aromatic carbocycles. The third kappa shape index (κ3) is 2.79. The van der Waals surface area contributed by atoms with Gasteiger partial charge in [0.1, 0.15) is 0 Å². The molecule has 0 aliphatic carbocycles. The summed E-state index contributed by atoms with van der Waals surface area (Å²) in [7, 11) is 0. The quantitative estimate of drug-likeness (QED) is 0.635. The van der Waals surface area contributed by atoms with E-state index in [0.29, 0.717) is 5.56 Å². The Labute approximate surface area is 79.7 Å². The van der Waals surface area contributed by atoms with Crippen LogP contribution in [0.15, 0.2) is 24.3 Å². The molecule has 0 spiro atoms. The van der Waals surface area contributed by atoms with Gasteiger partial charge in [-0.3, -0.25) is 0 Å². The lowest BCUT2D eigenvalue weighted by molar-refractivity contribution is -0.137. The highest BCUT2D eigenvalue weighted by Gasteiger charge is 2.30. The van der Waals surface area contributed by atoms with Gasteiger partial charge in [-0.1, -0.05) is 17.9 Å². The van der Waals surface area contributed by atoms with Gasteiger partial charge in [0.2, 0.25) is 0 Å². The Kier molecular flexibility index (Phi) is 3.15. The minimum absolute atomic E-state index is 0.135. The van der Waals surface area contributed by atoms with Gasteiger partial charge < -0.3 is 5.73 Å². The lowest BCUT2D eigenvalue weighted by Crippen LogP contribution is -2.04. The van der Waals surface area contributed by atoms with Gasteiger partial charge in [0.25, 0.3) is 0 Å². The highest BCUT2D eigenvalue weighted by Crippen LogP contribution is 2.29. The Bertz CT molecular complexity index is 371. The Morgan fingerprint density at radius 1 is 1.29 bits per heavy atom. The average Bonchev–Trinajstić information content (AvgIpc) is 2.14. The van der Waals surface area contributed by atoms with E-state index in [4.69, 9.17) is 5.73 Å². The fraction of sp³-hybridized carbons (Fsp3) is 0.200. The molecule has 0 amide bonds. The van der Waals surface area contributed by atoms with Crippen LogP contribution in [0.4, 0.5) is 13.2 Å². The van der Waals surface area contributed by atoms with Crippen molar-refractivity contribution in [1.29, 1.82) is 0 Å². The number of hydrogen-bond donors (Lipinski definition) is 1. The van der Waals surface area contributed by atoms with E-state index in [1.807, 2.05) is 0 Å². The predicted octanol–water partition coefficient (Wildman–Crippen LogP) is 2.02. The maximum atomic E-state index is 12.2. The van der Waals surface area contributed by atoms with Gasteiger partial charge in [0, 0.05) is 5.56 Å². The summed E-state index contributed by atoms with van der Waals surface area (Å²) >= 11 is 0. The first kappa shape index (κ1) is 10.6. The van der Waals surface area contributed by atoms with Crippen molar-refractivity contribution in [1.82, 2.24) is 0 Å². The van der Waals surface area contributed by atoms with E-state index < -0.39 is 11.7 Å². The van der Waals surface area contributed by atoms with Crippen molar-refractivity contribution in [3.05, 3.63) is 35.4 Å². The molecule has 0 aromatic heterocycles. The Hall–Kier alpha value is -1.47. The SMILES string of the molecule is NCC#Cc1cccc(C(F)(F)F)c1. The zero-order valence-electron chi connectivity index (χ0n) is 7.23. The zero-order valence-corrected chi connectivity index (χ0v) is 7.23. The van der Waals surface area contributed by atoms with Crippen molar-refractivity contribution in [3.8, 4) is 11.8 Å². The number of alkyl halides is 3. The Morgan fingerprint density at radius 3 is 2.57 bits per heavy atom. The van der Waals surface area contributed by atoms with Crippen molar-refractivity contribution in [2.75, 3.05) is 6.54 Å². The van der Waals surface area contributed by atoms with Gasteiger partial charge in [-0.2, -0.15) is 13.2 Å². The molecule has 2 N–H and O–H groups in total. The van der Waals surface area contributed by atoms with Crippen LogP contribution in [-0.4, -0.2) is 6.54 Å². The molecule has 0 aliphatic rings. The van der Waals surface area contributed by atoms with Gasteiger partial charge in [-0.05, 0) is 18.2 Å². The van der Waals surface area contributed by atoms with Crippen LogP contribution in [0.2, 0.25) is 0 Å². The number of hydrogen-bond acceptors (Lipinski definition) is 1. The molecule has 0 heterocycles. The fourth-order valence-electron chi connectivity index (χ4n) is 0.926. The molecule has 0 saturated carbocycles. The highest BCUT2D eigenvalue weighted by atomic mass is 19.4. The van der Waals surface area contributed by atoms with Crippen LogP contribution < -0.4 is 5.73 Å². The van der Waals surface area contributed by atoms with Gasteiger partial charge in [-0.15, -0.1) is 0 Å². The maximum absolute atomic E-state index is 12.2. The summed E-state index contributed by atoms with van der Waals surface area (Å²) in [5.41, 5.74) is 4.74. The molecule has 4 heteroatoms. The molecule has 0 fully saturated rings. The first-order valence-corrected chi connectivity index (χ1v) is 3.90. The van der Waals surface area contributed by atoms with Crippen LogP contribution in [0.5, 0.6) is 0 Å². The van der Waals surface area contributed by atoms with Crippen molar-refractivity contribution in [2.24, 2.45) is 5.73 Å². The number of nitrogens with two attached hydrogens (primary N) is 1. The molecule has 1 nitrogen and oxygen atoms in total. The number of halogens is 3. The number of rotatable bonds is 0. The van der Waals surface area contributed by atoms with Crippen LogP contribution >= 0.6 is 0 Å². The van der Waals surface area contributed by atoms with Crippen LogP contribution in [-0.2, 0) is 6.18 Å². The second-order valence-corrected chi connectivity index (χ2v) is 2.58. The van der Waals surface area contributed by atoms with Crippen molar-refractivity contribution in [3.63, 3.8) is 0 Å². The van der Waals surface area contributed by atoms with Crippen LogP contribution in [0.25, 0.3) is 0 Å². The maximum Gasteiger partial charge on any atom is 0.416 e. The van der Waals surface area contributed by atoms with E-state index >= 15 is 0 Å². The first-order valence-electron chi connectivity index (χ1n) is 3.90. The van der Waals surface area contributed by atoms with E-state index in [1.165, 1.54) is 12.1 Å². The van der Waals surface area contributed by atoms with E-state index in [9.17, 15) is 13.2 Å². The summed E-state index contributed by atoms with van der Waals surface area (Å²) < 4.78 is 36.7. The average molecular weight is 199 g/mol. The van der Waals surface area contributed by atoms with Crippen LogP contribution in [0.3, 0.4) is 0 Å². The molecular formula is C10H8F3N. The van der Waals surface area contributed by atoms with E-state index in [-0.39, 0.29) is 6.54 Å². The zero-order chi connectivity index (χ0) is 10.6. The van der Waals surface area contributed by atoms with Crippen molar-refractivity contribution in [2.45, 2.75) is 6.18 Å². The van der Waals surface area contributed by atoms with E-state index in [2.05, 4.69) is 11.8 Å². The topological polar surface area (TPSA) is 26.0 Å². The molecule has 0 saturated heterocycles. The molecule has 1 rings (SSSR count). The van der Waals surface area contributed by atoms with E-state index in [0.717, 1.165) is 12.1 Å². The molecule has 0 atom stereocenters. The first-order chi connectivity index (χ1) is 6.54. The largest absolute Gasteiger partial charge is 0.416 e. The normalized spacial score (nSPS) is 10.6. The summed E-state index contributed by atoms with van der Waals surface area (Å²) in [6, 6.07) is 4.84. The van der Waals surface area contributed by atoms with E-state index in [1.54, 1.807) is 0 Å². The number of benzene rings is 1. The molecular weight excluding hydrogens is 191 g/mol. The molecule has 0 radical (unpaired) electrons. The summed E-state index contributed by atoms with van der Waals surface area (Å²) in [5.74, 6) is 5.04. The van der Waals surface area contributed by atoms with Gasteiger partial charge in [-0.25, -0.2) is 0 Å². The predicted molar refractivity (Wildman–Crippen MR) is 47.4 cm³/mol. The fourth-order valence-corrected chi connectivity index (χ4v) is 0.926. The Morgan fingerprint density at radius 2 is 2.00 bits per heavy atom. The standard InChI is InChI=1S/C10H8F3N/c11-10(12,13)9-5-1-3-8(7-9)4-2-6-14/h1,3,5,7H,6,14H2. The van der Waals surface area contributed by atoms with Crippen LogP contribution in [0.1, 0.15) is 11.1 Å². The third-order valence-electron chi connectivity index (χ3n) is 1.52. The van der Waals surface area contributed by atoms with Gasteiger partial charge in [0.15, 0.2) is 0 Å².